The van der Waals surface area contributed by atoms with Gasteiger partial charge in [0, 0.05) is 30.6 Å². The molecular formula is C10H23N3. The van der Waals surface area contributed by atoms with Gasteiger partial charge < -0.3 is 16.8 Å². The Kier molecular flexibility index (Phi) is 3.71. The fourth-order valence-electron chi connectivity index (χ4n) is 2.22. The van der Waals surface area contributed by atoms with Crippen molar-refractivity contribution in [3.8, 4) is 0 Å². The molecule has 3 heteroatoms. The van der Waals surface area contributed by atoms with Gasteiger partial charge in [0.1, 0.15) is 0 Å². The Morgan fingerprint density at radius 3 is 2.15 bits per heavy atom. The van der Waals surface area contributed by atoms with Crippen molar-refractivity contribution in [3.05, 3.63) is 0 Å². The summed E-state index contributed by atoms with van der Waals surface area (Å²) in [6, 6.07) is 0.531. The fraction of sp³-hybridized carbons (Fsp3) is 1.00. The summed E-state index contributed by atoms with van der Waals surface area (Å²) in [6.07, 6.45) is 3.27. The molecule has 1 fully saturated rings. The summed E-state index contributed by atoms with van der Waals surface area (Å²) in [5.41, 5.74) is 12.5. The third-order valence-electron chi connectivity index (χ3n) is 3.42. The van der Waals surface area contributed by atoms with Crippen molar-refractivity contribution in [2.45, 2.75) is 45.2 Å². The van der Waals surface area contributed by atoms with E-state index < -0.39 is 0 Å². The van der Waals surface area contributed by atoms with Gasteiger partial charge in [-0.2, -0.15) is 0 Å². The molecule has 1 aliphatic heterocycles. The minimum Gasteiger partial charge on any atom is -0.327 e. The lowest BCUT2D eigenvalue weighted by Gasteiger charge is -2.50. The van der Waals surface area contributed by atoms with E-state index in [4.69, 9.17) is 11.5 Å². The first-order chi connectivity index (χ1) is 6.17. The van der Waals surface area contributed by atoms with Crippen LogP contribution in [0.5, 0.6) is 0 Å². The van der Waals surface area contributed by atoms with Crippen molar-refractivity contribution < 1.29 is 0 Å². The van der Waals surface area contributed by atoms with Crippen molar-refractivity contribution in [1.82, 2.24) is 5.32 Å². The van der Waals surface area contributed by atoms with E-state index in [9.17, 15) is 0 Å². The van der Waals surface area contributed by atoms with Crippen LogP contribution in [0, 0.1) is 5.41 Å². The summed E-state index contributed by atoms with van der Waals surface area (Å²) < 4.78 is 0. The van der Waals surface area contributed by atoms with Crippen LogP contribution in [-0.2, 0) is 0 Å². The van der Waals surface area contributed by atoms with Gasteiger partial charge in [-0.1, -0.05) is 20.3 Å². The van der Waals surface area contributed by atoms with E-state index in [0.29, 0.717) is 0 Å². The van der Waals surface area contributed by atoms with Crippen LogP contribution < -0.4 is 16.8 Å². The maximum absolute atomic E-state index is 6.18. The molecule has 0 aromatic carbocycles. The highest BCUT2D eigenvalue weighted by atomic mass is 15.0. The second-order valence-corrected chi connectivity index (χ2v) is 4.25. The van der Waals surface area contributed by atoms with Crippen LogP contribution in [0.4, 0.5) is 0 Å². The molecule has 3 nitrogen and oxygen atoms in total. The Bertz CT molecular complexity index is 154. The smallest absolute Gasteiger partial charge is 0.0254 e. The summed E-state index contributed by atoms with van der Waals surface area (Å²) in [5, 5.41) is 3.30. The van der Waals surface area contributed by atoms with Gasteiger partial charge in [-0.15, -0.1) is 0 Å². The first kappa shape index (κ1) is 11.0. The number of nitrogens with two attached hydrogens (primary N) is 2. The second-order valence-electron chi connectivity index (χ2n) is 4.25. The first-order valence-corrected chi connectivity index (χ1v) is 5.39. The highest BCUT2D eigenvalue weighted by Crippen LogP contribution is 2.32. The number of rotatable bonds is 5. The zero-order valence-electron chi connectivity index (χ0n) is 8.84. The van der Waals surface area contributed by atoms with Gasteiger partial charge in [0.15, 0.2) is 0 Å². The van der Waals surface area contributed by atoms with E-state index in [1.54, 1.807) is 0 Å². The predicted molar refractivity (Wildman–Crippen MR) is 56.5 cm³/mol. The molecule has 13 heavy (non-hydrogen) atoms. The van der Waals surface area contributed by atoms with E-state index in [1.165, 1.54) is 0 Å². The Balaban J connectivity index is 2.57. The molecular weight excluding hydrogens is 162 g/mol. The quantitative estimate of drug-likeness (QED) is 0.582. The Labute approximate surface area is 81.2 Å². The van der Waals surface area contributed by atoms with Crippen LogP contribution in [0.25, 0.3) is 0 Å². The predicted octanol–water partition coefficient (Wildman–Crippen LogP) is 0.441. The molecule has 1 saturated heterocycles. The molecule has 0 aliphatic carbocycles. The molecule has 0 bridgehead atoms. The van der Waals surface area contributed by atoms with Gasteiger partial charge in [-0.05, 0) is 12.8 Å². The lowest BCUT2D eigenvalue weighted by molar-refractivity contribution is 0.0818. The second kappa shape index (κ2) is 4.40. The minimum absolute atomic E-state index is 0.185. The summed E-state index contributed by atoms with van der Waals surface area (Å²) in [4.78, 5) is 0. The molecule has 78 valence electrons. The maximum atomic E-state index is 6.18. The lowest BCUT2D eigenvalue weighted by Crippen LogP contribution is -2.69. The topological polar surface area (TPSA) is 64.1 Å². The Morgan fingerprint density at radius 2 is 1.85 bits per heavy atom. The van der Waals surface area contributed by atoms with Crippen LogP contribution in [0.15, 0.2) is 0 Å². The highest BCUT2D eigenvalue weighted by Gasteiger charge is 2.45. The Hall–Kier alpha value is -0.120. The molecule has 2 atom stereocenters. The molecule has 1 heterocycles. The fourth-order valence-corrected chi connectivity index (χ4v) is 2.22. The van der Waals surface area contributed by atoms with Gasteiger partial charge in [0.2, 0.25) is 0 Å². The molecule has 0 radical (unpaired) electrons. The van der Waals surface area contributed by atoms with Crippen molar-refractivity contribution in [2.24, 2.45) is 16.9 Å². The van der Waals surface area contributed by atoms with E-state index in [0.717, 1.165) is 32.4 Å². The zero-order valence-corrected chi connectivity index (χ0v) is 8.84. The van der Waals surface area contributed by atoms with Crippen molar-refractivity contribution in [1.29, 1.82) is 0 Å². The van der Waals surface area contributed by atoms with Crippen LogP contribution >= 0.6 is 0 Å². The SMILES string of the molecule is CCCC(N)C1(C(N)CC)CNC1. The third kappa shape index (κ3) is 1.87. The number of hydrogen-bond acceptors (Lipinski definition) is 3. The standard InChI is InChI=1S/C10H23N3/c1-3-5-9(12)10(6-13-7-10)8(11)4-2/h8-9,13H,3-7,11-12H2,1-2H3. The third-order valence-corrected chi connectivity index (χ3v) is 3.42. The van der Waals surface area contributed by atoms with E-state index in [2.05, 4.69) is 19.2 Å². The summed E-state index contributed by atoms with van der Waals surface area (Å²) in [7, 11) is 0. The van der Waals surface area contributed by atoms with Gasteiger partial charge >= 0.3 is 0 Å². The maximum Gasteiger partial charge on any atom is 0.0254 e. The van der Waals surface area contributed by atoms with Gasteiger partial charge in [0.05, 0.1) is 0 Å². The van der Waals surface area contributed by atoms with Crippen LogP contribution in [0.2, 0.25) is 0 Å². The highest BCUT2D eigenvalue weighted by molar-refractivity contribution is 5.05. The number of hydrogen-bond donors (Lipinski definition) is 3. The average Bonchev–Trinajstić information content (AvgIpc) is 2.02. The summed E-state index contributed by atoms with van der Waals surface area (Å²) >= 11 is 0. The molecule has 5 N–H and O–H groups in total. The molecule has 1 rings (SSSR count). The average molecular weight is 185 g/mol. The summed E-state index contributed by atoms with van der Waals surface area (Å²) in [6.45, 7) is 6.33. The molecule has 0 saturated carbocycles. The van der Waals surface area contributed by atoms with E-state index >= 15 is 0 Å². The molecule has 0 amide bonds. The zero-order chi connectivity index (χ0) is 9.90. The van der Waals surface area contributed by atoms with Gasteiger partial charge in [-0.25, -0.2) is 0 Å². The minimum atomic E-state index is 0.185. The van der Waals surface area contributed by atoms with Gasteiger partial charge in [-0.3, -0.25) is 0 Å². The summed E-state index contributed by atoms with van der Waals surface area (Å²) in [5.74, 6) is 0. The van der Waals surface area contributed by atoms with Crippen molar-refractivity contribution in [2.75, 3.05) is 13.1 Å². The molecule has 2 unspecified atom stereocenters. The van der Waals surface area contributed by atoms with Crippen molar-refractivity contribution >= 4 is 0 Å². The number of nitrogens with one attached hydrogen (secondary N) is 1. The monoisotopic (exact) mass is 185 g/mol. The lowest BCUT2D eigenvalue weighted by atomic mass is 9.67. The molecule has 0 spiro atoms. The van der Waals surface area contributed by atoms with E-state index in [1.807, 2.05) is 0 Å². The van der Waals surface area contributed by atoms with Crippen LogP contribution in [0.1, 0.15) is 33.1 Å². The normalized spacial score (nSPS) is 24.9. The van der Waals surface area contributed by atoms with Crippen molar-refractivity contribution in [3.63, 3.8) is 0 Å². The van der Waals surface area contributed by atoms with Gasteiger partial charge in [0.25, 0.3) is 0 Å². The molecule has 0 aromatic heterocycles. The first-order valence-electron chi connectivity index (χ1n) is 5.39. The molecule has 0 aromatic rings. The van der Waals surface area contributed by atoms with E-state index in [-0.39, 0.29) is 17.5 Å². The molecule has 1 aliphatic rings. The van der Waals surface area contributed by atoms with Crippen LogP contribution in [-0.4, -0.2) is 25.2 Å². The van der Waals surface area contributed by atoms with Crippen LogP contribution in [0.3, 0.4) is 0 Å². The largest absolute Gasteiger partial charge is 0.327 e. The Morgan fingerprint density at radius 1 is 1.23 bits per heavy atom.